The van der Waals surface area contributed by atoms with Gasteiger partial charge in [-0.1, -0.05) is 57.5 Å². The second-order valence-electron chi connectivity index (χ2n) is 9.90. The summed E-state index contributed by atoms with van der Waals surface area (Å²) < 4.78 is 0. The highest BCUT2D eigenvalue weighted by atomic mass is 35.5. The molecule has 1 saturated heterocycles. The predicted octanol–water partition coefficient (Wildman–Crippen LogP) is 5.32. The lowest BCUT2D eigenvalue weighted by Gasteiger charge is -2.46. The molecule has 1 amide bonds. The standard InChI is InChI=1S/C26H36ClN3O/c1-19(2)24(29-25(31)12-7-20-6-5-14-28-16-20)17-30-15-13-23(26(3,4)18-30)21-8-10-22(27)11-9-21/h5-6,8-11,14,16,19,23-24H,7,12-13,15,17-18H2,1-4H3,(H,29,31)/t23-,24+/m1/s1. The number of piperidine rings is 1. The molecule has 2 atom stereocenters. The average Bonchev–Trinajstić information content (AvgIpc) is 2.73. The number of halogens is 1. The minimum Gasteiger partial charge on any atom is -0.352 e. The molecule has 0 aliphatic carbocycles. The van der Waals surface area contributed by atoms with Crippen molar-refractivity contribution in [1.29, 1.82) is 0 Å². The number of likely N-dealkylation sites (tertiary alicyclic amines) is 1. The quantitative estimate of drug-likeness (QED) is 0.602. The number of aryl methyl sites for hydroxylation is 1. The third kappa shape index (κ3) is 6.78. The maximum absolute atomic E-state index is 12.6. The number of pyridine rings is 1. The zero-order chi connectivity index (χ0) is 22.4. The molecule has 0 radical (unpaired) electrons. The first-order valence-corrected chi connectivity index (χ1v) is 11.8. The maximum Gasteiger partial charge on any atom is 0.220 e. The molecule has 0 spiro atoms. The van der Waals surface area contributed by atoms with Gasteiger partial charge < -0.3 is 10.2 Å². The van der Waals surface area contributed by atoms with E-state index in [1.807, 2.05) is 30.5 Å². The van der Waals surface area contributed by atoms with Gasteiger partial charge in [-0.15, -0.1) is 0 Å². The molecule has 4 nitrogen and oxygen atoms in total. The Labute approximate surface area is 192 Å². The summed E-state index contributed by atoms with van der Waals surface area (Å²) in [6, 6.07) is 12.4. The molecule has 0 unspecified atom stereocenters. The Bertz CT molecular complexity index is 835. The summed E-state index contributed by atoms with van der Waals surface area (Å²) >= 11 is 6.08. The smallest absolute Gasteiger partial charge is 0.220 e. The van der Waals surface area contributed by atoms with Crippen LogP contribution >= 0.6 is 11.6 Å². The lowest BCUT2D eigenvalue weighted by Crippen LogP contribution is -2.52. The summed E-state index contributed by atoms with van der Waals surface area (Å²) in [6.45, 7) is 12.1. The number of carbonyl (C=O) groups is 1. The highest BCUT2D eigenvalue weighted by molar-refractivity contribution is 6.30. The molecule has 168 valence electrons. The van der Waals surface area contributed by atoms with E-state index in [1.165, 1.54) is 5.56 Å². The monoisotopic (exact) mass is 441 g/mol. The molecule has 0 bridgehead atoms. The number of amides is 1. The number of carbonyl (C=O) groups excluding carboxylic acids is 1. The molecule has 1 aliphatic rings. The van der Waals surface area contributed by atoms with Crippen molar-refractivity contribution in [2.75, 3.05) is 19.6 Å². The van der Waals surface area contributed by atoms with E-state index in [4.69, 9.17) is 11.6 Å². The van der Waals surface area contributed by atoms with Crippen molar-refractivity contribution in [3.63, 3.8) is 0 Å². The van der Waals surface area contributed by atoms with E-state index >= 15 is 0 Å². The zero-order valence-electron chi connectivity index (χ0n) is 19.3. The van der Waals surface area contributed by atoms with Gasteiger partial charge in [0.1, 0.15) is 0 Å². The van der Waals surface area contributed by atoms with Crippen molar-refractivity contribution in [2.24, 2.45) is 11.3 Å². The maximum atomic E-state index is 12.6. The number of aromatic nitrogens is 1. The molecule has 1 fully saturated rings. The zero-order valence-corrected chi connectivity index (χ0v) is 20.0. The van der Waals surface area contributed by atoms with E-state index in [9.17, 15) is 4.79 Å². The van der Waals surface area contributed by atoms with Gasteiger partial charge in [-0.25, -0.2) is 0 Å². The van der Waals surface area contributed by atoms with Crippen LogP contribution in [0.4, 0.5) is 0 Å². The van der Waals surface area contributed by atoms with Crippen LogP contribution in [0.1, 0.15) is 57.6 Å². The van der Waals surface area contributed by atoms with Crippen LogP contribution < -0.4 is 5.32 Å². The number of rotatable bonds is 8. The van der Waals surface area contributed by atoms with Crippen molar-refractivity contribution in [2.45, 2.75) is 58.9 Å². The van der Waals surface area contributed by atoms with Crippen molar-refractivity contribution in [3.05, 3.63) is 64.9 Å². The van der Waals surface area contributed by atoms with Gasteiger partial charge in [0.15, 0.2) is 0 Å². The minimum atomic E-state index is 0.123. The highest BCUT2D eigenvalue weighted by Gasteiger charge is 2.37. The Morgan fingerprint density at radius 1 is 1.26 bits per heavy atom. The van der Waals surface area contributed by atoms with Gasteiger partial charge in [-0.3, -0.25) is 9.78 Å². The van der Waals surface area contributed by atoms with Crippen molar-refractivity contribution >= 4 is 17.5 Å². The Hall–Kier alpha value is -1.91. The Morgan fingerprint density at radius 3 is 2.61 bits per heavy atom. The largest absolute Gasteiger partial charge is 0.352 e. The van der Waals surface area contributed by atoms with E-state index in [2.05, 4.69) is 55.0 Å². The number of nitrogens with zero attached hydrogens (tertiary/aromatic N) is 2. The van der Waals surface area contributed by atoms with Crippen LogP contribution in [0.15, 0.2) is 48.8 Å². The normalized spacial score (nSPS) is 19.9. The molecule has 1 N–H and O–H groups in total. The fourth-order valence-corrected chi connectivity index (χ4v) is 4.85. The molecular weight excluding hydrogens is 406 g/mol. The molecule has 31 heavy (non-hydrogen) atoms. The fraction of sp³-hybridized carbons (Fsp3) is 0.538. The second kappa shape index (κ2) is 10.6. The van der Waals surface area contributed by atoms with Crippen LogP contribution in [0.5, 0.6) is 0 Å². The van der Waals surface area contributed by atoms with Crippen LogP contribution in [0.2, 0.25) is 5.02 Å². The Morgan fingerprint density at radius 2 is 2.00 bits per heavy atom. The van der Waals surface area contributed by atoms with Crippen LogP contribution in [0, 0.1) is 11.3 Å². The molecule has 3 rings (SSSR count). The van der Waals surface area contributed by atoms with E-state index < -0.39 is 0 Å². The molecule has 0 saturated carbocycles. The molecular formula is C26H36ClN3O. The van der Waals surface area contributed by atoms with Crippen LogP contribution in [-0.2, 0) is 11.2 Å². The summed E-state index contributed by atoms with van der Waals surface area (Å²) in [5, 5.41) is 4.08. The highest BCUT2D eigenvalue weighted by Crippen LogP contribution is 2.42. The van der Waals surface area contributed by atoms with Gasteiger partial charge in [-0.2, -0.15) is 0 Å². The van der Waals surface area contributed by atoms with Gasteiger partial charge in [-0.05, 0) is 66.0 Å². The minimum absolute atomic E-state index is 0.123. The van der Waals surface area contributed by atoms with Crippen molar-refractivity contribution < 1.29 is 4.79 Å². The van der Waals surface area contributed by atoms with Gasteiger partial charge in [0.2, 0.25) is 5.91 Å². The Balaban J connectivity index is 1.55. The summed E-state index contributed by atoms with van der Waals surface area (Å²) in [5.74, 6) is 1.03. The SMILES string of the molecule is CC(C)[C@H](CN1CC[C@H](c2ccc(Cl)cc2)C(C)(C)C1)NC(=O)CCc1cccnc1. The van der Waals surface area contributed by atoms with E-state index in [0.29, 0.717) is 18.3 Å². The molecule has 2 heterocycles. The van der Waals surface area contributed by atoms with E-state index in [1.54, 1.807) is 6.20 Å². The van der Waals surface area contributed by atoms with Gasteiger partial charge >= 0.3 is 0 Å². The second-order valence-corrected chi connectivity index (χ2v) is 10.3. The van der Waals surface area contributed by atoms with Crippen LogP contribution in [-0.4, -0.2) is 41.5 Å². The lowest BCUT2D eigenvalue weighted by molar-refractivity contribution is -0.122. The first-order chi connectivity index (χ1) is 14.7. The molecule has 1 aromatic carbocycles. The number of nitrogens with one attached hydrogen (secondary N) is 1. The van der Waals surface area contributed by atoms with Crippen LogP contribution in [0.25, 0.3) is 0 Å². The predicted molar refractivity (Wildman–Crippen MR) is 128 cm³/mol. The van der Waals surface area contributed by atoms with Gasteiger partial charge in [0.05, 0.1) is 0 Å². The van der Waals surface area contributed by atoms with E-state index in [-0.39, 0.29) is 17.4 Å². The van der Waals surface area contributed by atoms with Gasteiger partial charge in [0, 0.05) is 43.0 Å². The third-order valence-electron chi connectivity index (χ3n) is 6.55. The number of hydrogen-bond acceptors (Lipinski definition) is 3. The third-order valence-corrected chi connectivity index (χ3v) is 6.80. The van der Waals surface area contributed by atoms with Crippen molar-refractivity contribution in [3.8, 4) is 0 Å². The summed E-state index contributed by atoms with van der Waals surface area (Å²) in [6.07, 6.45) is 5.94. The number of hydrogen-bond donors (Lipinski definition) is 1. The van der Waals surface area contributed by atoms with Crippen LogP contribution in [0.3, 0.4) is 0 Å². The van der Waals surface area contributed by atoms with E-state index in [0.717, 1.165) is 43.1 Å². The first-order valence-electron chi connectivity index (χ1n) is 11.4. The molecule has 5 heteroatoms. The molecule has 1 aromatic heterocycles. The molecule has 1 aliphatic heterocycles. The first kappa shape index (κ1) is 23.7. The summed E-state index contributed by atoms with van der Waals surface area (Å²) in [4.78, 5) is 19.3. The Kier molecular flexibility index (Phi) is 8.12. The van der Waals surface area contributed by atoms with Gasteiger partial charge in [0.25, 0.3) is 0 Å². The fourth-order valence-electron chi connectivity index (χ4n) is 4.72. The summed E-state index contributed by atoms with van der Waals surface area (Å²) in [5.41, 5.74) is 2.64. The number of benzene rings is 1. The summed E-state index contributed by atoms with van der Waals surface area (Å²) in [7, 11) is 0. The van der Waals surface area contributed by atoms with Crippen molar-refractivity contribution in [1.82, 2.24) is 15.2 Å². The topological polar surface area (TPSA) is 45.2 Å². The average molecular weight is 442 g/mol. The lowest BCUT2D eigenvalue weighted by atomic mass is 9.70. The molecule has 2 aromatic rings.